The number of benzene rings is 2. The van der Waals surface area contributed by atoms with Gasteiger partial charge < -0.3 is 14.4 Å². The van der Waals surface area contributed by atoms with E-state index in [9.17, 15) is 9.18 Å². The highest BCUT2D eigenvalue weighted by Crippen LogP contribution is 2.36. The molecule has 1 atom stereocenters. The van der Waals surface area contributed by atoms with Crippen molar-refractivity contribution in [3.63, 3.8) is 0 Å². The Morgan fingerprint density at radius 3 is 2.52 bits per heavy atom. The van der Waals surface area contributed by atoms with Crippen LogP contribution in [0.2, 0.25) is 0 Å². The van der Waals surface area contributed by atoms with Crippen molar-refractivity contribution in [3.05, 3.63) is 76.1 Å². The second kappa shape index (κ2) is 9.65. The maximum atomic E-state index is 13.4. The van der Waals surface area contributed by atoms with E-state index >= 15 is 0 Å². The molecule has 0 aliphatic carbocycles. The van der Waals surface area contributed by atoms with Gasteiger partial charge in [-0.2, -0.15) is 5.10 Å². The number of hydrogen-bond acceptors (Lipinski definition) is 4. The monoisotopic (exact) mass is 515 g/mol. The Labute approximate surface area is 201 Å². The largest absolute Gasteiger partial charge is 0.444 e. The minimum atomic E-state index is -0.593. The molecular weight excluding hydrogens is 489 g/mol. The van der Waals surface area contributed by atoms with Crippen molar-refractivity contribution in [1.29, 1.82) is 0 Å². The number of fused-ring (bicyclic) bond motifs is 1. The van der Waals surface area contributed by atoms with E-state index in [2.05, 4.69) is 15.9 Å². The van der Waals surface area contributed by atoms with Crippen LogP contribution in [-0.4, -0.2) is 39.5 Å². The minimum absolute atomic E-state index is 0.199. The molecule has 1 aliphatic heterocycles. The third kappa shape index (κ3) is 5.62. The zero-order valence-electron chi connectivity index (χ0n) is 18.9. The zero-order valence-corrected chi connectivity index (χ0v) is 20.5. The first-order valence-corrected chi connectivity index (χ1v) is 11.6. The lowest BCUT2D eigenvalue weighted by Crippen LogP contribution is -2.45. The minimum Gasteiger partial charge on any atom is -0.444 e. The van der Waals surface area contributed by atoms with Gasteiger partial charge in [-0.1, -0.05) is 30.3 Å². The highest BCUT2D eigenvalue weighted by molar-refractivity contribution is 9.10. The smallest absolute Gasteiger partial charge is 0.410 e. The van der Waals surface area contributed by atoms with E-state index in [1.54, 1.807) is 17.0 Å². The zero-order chi connectivity index (χ0) is 23.6. The number of ether oxygens (including phenoxy) is 2. The van der Waals surface area contributed by atoms with Crippen molar-refractivity contribution >= 4 is 22.0 Å². The lowest BCUT2D eigenvalue weighted by atomic mass is 10.1. The molecule has 0 saturated carbocycles. The maximum absolute atomic E-state index is 13.4. The molecular formula is C25H27BrFN3O3. The molecule has 1 amide bonds. The van der Waals surface area contributed by atoms with Gasteiger partial charge in [0.05, 0.1) is 36.0 Å². The van der Waals surface area contributed by atoms with Crippen molar-refractivity contribution in [3.8, 4) is 11.3 Å². The summed E-state index contributed by atoms with van der Waals surface area (Å²) in [5.74, 6) is -0.304. The first kappa shape index (κ1) is 23.4. The molecule has 8 heteroatoms. The highest BCUT2D eigenvalue weighted by atomic mass is 79.9. The van der Waals surface area contributed by atoms with E-state index in [1.165, 1.54) is 12.1 Å². The third-order valence-corrected chi connectivity index (χ3v) is 6.09. The summed E-state index contributed by atoms with van der Waals surface area (Å²) in [6.45, 7) is 7.14. The number of nitrogens with zero attached hydrogens (tertiary/aromatic N) is 3. The molecule has 2 aromatic carbocycles. The summed E-state index contributed by atoms with van der Waals surface area (Å²) in [6, 6.07) is 15.9. The molecule has 0 bridgehead atoms. The molecule has 0 N–H and O–H groups in total. The Morgan fingerprint density at radius 1 is 1.15 bits per heavy atom. The van der Waals surface area contributed by atoms with E-state index in [1.807, 2.05) is 55.8 Å². The Bertz CT molecular complexity index is 1110. The number of carbonyl (C=O) groups is 1. The normalized spacial score (nSPS) is 15.9. The van der Waals surface area contributed by atoms with Crippen LogP contribution in [0.3, 0.4) is 0 Å². The van der Waals surface area contributed by atoms with Gasteiger partial charge in [-0.25, -0.2) is 9.18 Å². The third-order valence-electron chi connectivity index (χ3n) is 5.25. The van der Waals surface area contributed by atoms with E-state index in [-0.39, 0.29) is 18.0 Å². The molecule has 174 valence electrons. The van der Waals surface area contributed by atoms with Gasteiger partial charge in [0.1, 0.15) is 17.1 Å². The predicted octanol–water partition coefficient (Wildman–Crippen LogP) is 5.96. The van der Waals surface area contributed by atoms with Gasteiger partial charge in [-0.3, -0.25) is 4.68 Å². The molecule has 3 aromatic rings. The van der Waals surface area contributed by atoms with Crippen LogP contribution in [0.15, 0.2) is 59.1 Å². The van der Waals surface area contributed by atoms with Crippen LogP contribution in [-0.2, 0) is 22.6 Å². The van der Waals surface area contributed by atoms with Gasteiger partial charge in [0.2, 0.25) is 0 Å². The topological polar surface area (TPSA) is 56.6 Å². The number of carbonyl (C=O) groups excluding carboxylic acids is 1. The van der Waals surface area contributed by atoms with Crippen LogP contribution >= 0.6 is 15.9 Å². The van der Waals surface area contributed by atoms with Crippen molar-refractivity contribution in [2.45, 2.75) is 45.6 Å². The lowest BCUT2D eigenvalue weighted by molar-refractivity contribution is 0.00651. The SMILES string of the molecule is CC(C)(C)OC(=O)N1Cc2c(Br)c(-c3ccc(F)cc3)nn2C(COCc2ccccc2)C1. The average Bonchev–Trinajstić information content (AvgIpc) is 3.10. The number of aromatic nitrogens is 2. The fourth-order valence-electron chi connectivity index (χ4n) is 3.74. The standard InChI is InChI=1S/C25H27BrFN3O3/c1-25(2,3)33-24(31)29-13-20(16-32-15-17-7-5-4-6-8-17)30-21(14-29)22(26)23(28-30)18-9-11-19(27)12-10-18/h4-12,20H,13-16H2,1-3H3. The predicted molar refractivity (Wildman–Crippen MR) is 127 cm³/mol. The molecule has 4 rings (SSSR count). The molecule has 0 radical (unpaired) electrons. The fraction of sp³-hybridized carbons (Fsp3) is 0.360. The van der Waals surface area contributed by atoms with Gasteiger partial charge in [0, 0.05) is 12.1 Å². The summed E-state index contributed by atoms with van der Waals surface area (Å²) in [4.78, 5) is 14.5. The van der Waals surface area contributed by atoms with E-state index < -0.39 is 5.60 Å². The number of halogens is 2. The maximum Gasteiger partial charge on any atom is 0.410 e. The summed E-state index contributed by atoms with van der Waals surface area (Å²) in [7, 11) is 0. The molecule has 0 spiro atoms. The van der Waals surface area contributed by atoms with Gasteiger partial charge in [0.15, 0.2) is 0 Å². The summed E-state index contributed by atoms with van der Waals surface area (Å²) in [6.07, 6.45) is -0.377. The summed E-state index contributed by atoms with van der Waals surface area (Å²) in [5.41, 5.74) is 2.82. The highest BCUT2D eigenvalue weighted by Gasteiger charge is 2.34. The van der Waals surface area contributed by atoms with Crippen LogP contribution in [0.5, 0.6) is 0 Å². The Hall–Kier alpha value is -2.71. The molecule has 33 heavy (non-hydrogen) atoms. The van der Waals surface area contributed by atoms with Crippen LogP contribution < -0.4 is 0 Å². The second-order valence-corrected chi connectivity index (χ2v) is 9.87. The van der Waals surface area contributed by atoms with E-state index in [0.717, 1.165) is 21.3 Å². The molecule has 0 fully saturated rings. The van der Waals surface area contributed by atoms with Crippen molar-refractivity contribution in [2.24, 2.45) is 0 Å². The lowest BCUT2D eigenvalue weighted by Gasteiger charge is -2.35. The number of hydrogen-bond donors (Lipinski definition) is 0. The Kier molecular flexibility index (Phi) is 6.86. The van der Waals surface area contributed by atoms with Gasteiger partial charge in [-0.05, 0) is 66.5 Å². The Balaban J connectivity index is 1.61. The van der Waals surface area contributed by atoms with Crippen LogP contribution in [0.1, 0.15) is 38.1 Å². The number of amides is 1. The van der Waals surface area contributed by atoms with E-state index in [0.29, 0.717) is 32.0 Å². The van der Waals surface area contributed by atoms with Crippen LogP contribution in [0.25, 0.3) is 11.3 Å². The van der Waals surface area contributed by atoms with Crippen molar-refractivity contribution in [2.75, 3.05) is 13.2 Å². The molecule has 1 aliphatic rings. The van der Waals surface area contributed by atoms with E-state index in [4.69, 9.17) is 14.6 Å². The van der Waals surface area contributed by atoms with Crippen molar-refractivity contribution < 1.29 is 18.7 Å². The fourth-order valence-corrected chi connectivity index (χ4v) is 4.35. The van der Waals surface area contributed by atoms with Gasteiger partial charge in [0.25, 0.3) is 0 Å². The van der Waals surface area contributed by atoms with Crippen LogP contribution in [0, 0.1) is 5.82 Å². The van der Waals surface area contributed by atoms with Crippen molar-refractivity contribution in [1.82, 2.24) is 14.7 Å². The summed E-state index contributed by atoms with van der Waals surface area (Å²) < 4.78 is 27.7. The first-order valence-electron chi connectivity index (χ1n) is 10.8. The molecule has 6 nitrogen and oxygen atoms in total. The van der Waals surface area contributed by atoms with Gasteiger partial charge in [-0.15, -0.1) is 0 Å². The quantitative estimate of drug-likeness (QED) is 0.420. The molecule has 0 saturated heterocycles. The molecule has 1 unspecified atom stereocenters. The summed E-state index contributed by atoms with van der Waals surface area (Å²) in [5, 5.41) is 4.81. The average molecular weight is 516 g/mol. The van der Waals surface area contributed by atoms with Crippen LogP contribution in [0.4, 0.5) is 9.18 Å². The molecule has 2 heterocycles. The van der Waals surface area contributed by atoms with Gasteiger partial charge >= 0.3 is 6.09 Å². The molecule has 1 aromatic heterocycles. The Morgan fingerprint density at radius 2 is 1.85 bits per heavy atom. The second-order valence-electron chi connectivity index (χ2n) is 9.08. The number of rotatable bonds is 5. The first-order chi connectivity index (χ1) is 15.7. The summed E-state index contributed by atoms with van der Waals surface area (Å²) >= 11 is 3.67.